The van der Waals surface area contributed by atoms with Gasteiger partial charge in [0.05, 0.1) is 5.56 Å². The fourth-order valence-electron chi connectivity index (χ4n) is 2.27. The van der Waals surface area contributed by atoms with Gasteiger partial charge in [-0.1, -0.05) is 23.9 Å². The lowest BCUT2D eigenvalue weighted by atomic mass is 10.1. The highest BCUT2D eigenvalue weighted by Crippen LogP contribution is 2.30. The number of rotatable bonds is 7. The van der Waals surface area contributed by atoms with Crippen molar-refractivity contribution in [3.63, 3.8) is 0 Å². The van der Waals surface area contributed by atoms with Crippen molar-refractivity contribution in [2.45, 2.75) is 16.4 Å². The van der Waals surface area contributed by atoms with E-state index in [0.29, 0.717) is 11.3 Å². The van der Waals surface area contributed by atoms with Crippen LogP contribution in [0.4, 0.5) is 0 Å². The van der Waals surface area contributed by atoms with Crippen LogP contribution in [0.2, 0.25) is 0 Å². The summed E-state index contributed by atoms with van der Waals surface area (Å²) in [5.74, 6) is -0.278. The molecule has 0 aliphatic rings. The van der Waals surface area contributed by atoms with Crippen molar-refractivity contribution in [1.29, 1.82) is 0 Å². The summed E-state index contributed by atoms with van der Waals surface area (Å²) in [6.07, 6.45) is 3.98. The molecule has 0 saturated heterocycles. The van der Waals surface area contributed by atoms with Crippen LogP contribution in [0.1, 0.15) is 26.3 Å². The number of nitrogens with zero attached hydrogens (tertiary/aromatic N) is 1. The van der Waals surface area contributed by atoms with Gasteiger partial charge in [-0.3, -0.25) is 9.78 Å². The molecule has 3 rings (SSSR count). The third-order valence-electron chi connectivity index (χ3n) is 3.57. The molecule has 0 spiro atoms. The molecular formula is C20H15NO4S. The summed E-state index contributed by atoms with van der Waals surface area (Å²) in [5.41, 5.74) is 1.58. The average Bonchev–Trinajstić information content (AvgIpc) is 2.68. The first-order chi connectivity index (χ1) is 12.7. The number of pyridine rings is 1. The highest BCUT2D eigenvalue weighted by atomic mass is 32.2. The van der Waals surface area contributed by atoms with Crippen molar-refractivity contribution in [3.05, 3.63) is 83.7 Å². The maximum Gasteiger partial charge on any atom is 0.335 e. The normalized spacial score (nSPS) is 10.3. The predicted molar refractivity (Wildman–Crippen MR) is 97.9 cm³/mol. The van der Waals surface area contributed by atoms with Crippen LogP contribution in [0, 0.1) is 0 Å². The molecule has 0 fully saturated rings. The number of benzene rings is 2. The van der Waals surface area contributed by atoms with E-state index in [1.165, 1.54) is 18.0 Å². The third-order valence-corrected chi connectivity index (χ3v) is 4.67. The first-order valence-electron chi connectivity index (χ1n) is 7.78. The molecule has 3 aromatic rings. The highest BCUT2D eigenvalue weighted by Gasteiger charge is 2.06. The molecule has 5 nitrogen and oxygen atoms in total. The number of ether oxygens (including phenoxy) is 1. The Morgan fingerprint density at radius 2 is 1.96 bits per heavy atom. The number of hydrogen-bond acceptors (Lipinski definition) is 5. The van der Waals surface area contributed by atoms with E-state index >= 15 is 0 Å². The van der Waals surface area contributed by atoms with Crippen LogP contribution in [0.15, 0.2) is 76.8 Å². The Kier molecular flexibility index (Phi) is 5.66. The molecule has 26 heavy (non-hydrogen) atoms. The largest absolute Gasteiger partial charge is 0.489 e. The molecule has 1 heterocycles. The number of aromatic carboxylic acids is 1. The number of hydrogen-bond donors (Lipinski definition) is 1. The second-order valence-corrected chi connectivity index (χ2v) is 6.51. The van der Waals surface area contributed by atoms with E-state index in [9.17, 15) is 9.59 Å². The van der Waals surface area contributed by atoms with Crippen molar-refractivity contribution >= 4 is 24.0 Å². The minimum Gasteiger partial charge on any atom is -0.489 e. The first kappa shape index (κ1) is 17.7. The molecule has 2 aromatic carbocycles. The van der Waals surface area contributed by atoms with Crippen LogP contribution in [0.3, 0.4) is 0 Å². The Bertz CT molecular complexity index is 925. The number of carbonyl (C=O) groups excluding carboxylic acids is 1. The van der Waals surface area contributed by atoms with Crippen LogP contribution in [-0.2, 0) is 6.61 Å². The molecule has 0 radical (unpaired) electrons. The standard InChI is InChI=1S/C20H15NO4S/c22-12-16-11-21-9-8-19(16)26-18-6-4-17(5-7-18)25-13-14-2-1-3-15(10-14)20(23)24/h1-12H,13H2,(H,23,24). The van der Waals surface area contributed by atoms with E-state index in [1.807, 2.05) is 30.3 Å². The van der Waals surface area contributed by atoms with E-state index in [2.05, 4.69) is 4.98 Å². The Labute approximate surface area is 154 Å². The van der Waals surface area contributed by atoms with E-state index < -0.39 is 5.97 Å². The van der Waals surface area contributed by atoms with Gasteiger partial charge in [0.25, 0.3) is 0 Å². The van der Waals surface area contributed by atoms with Crippen molar-refractivity contribution in [3.8, 4) is 5.75 Å². The van der Waals surface area contributed by atoms with Gasteiger partial charge in [-0.25, -0.2) is 4.79 Å². The number of carboxylic acid groups (broad SMARTS) is 1. The van der Waals surface area contributed by atoms with Gasteiger partial charge in [-0.15, -0.1) is 0 Å². The fraction of sp³-hybridized carbons (Fsp3) is 0.0500. The number of aldehydes is 1. The molecular weight excluding hydrogens is 350 g/mol. The summed E-state index contributed by atoms with van der Waals surface area (Å²) in [4.78, 5) is 27.8. The zero-order chi connectivity index (χ0) is 18.4. The molecule has 0 bridgehead atoms. The quantitative estimate of drug-likeness (QED) is 0.628. The molecule has 0 atom stereocenters. The van der Waals surface area contributed by atoms with Gasteiger partial charge in [0.1, 0.15) is 12.4 Å². The second kappa shape index (κ2) is 8.31. The lowest BCUT2D eigenvalue weighted by Crippen LogP contribution is -2.00. The maximum atomic E-state index is 11.0. The van der Waals surface area contributed by atoms with Crippen LogP contribution in [0.5, 0.6) is 5.75 Å². The molecule has 0 aliphatic carbocycles. The van der Waals surface area contributed by atoms with Gasteiger partial charge in [0, 0.05) is 27.7 Å². The average molecular weight is 365 g/mol. The van der Waals surface area contributed by atoms with E-state index in [4.69, 9.17) is 9.84 Å². The summed E-state index contributed by atoms with van der Waals surface area (Å²) >= 11 is 1.48. The number of aromatic nitrogens is 1. The SMILES string of the molecule is O=Cc1cnccc1Sc1ccc(OCc2cccc(C(=O)O)c2)cc1. The van der Waals surface area contributed by atoms with Crippen LogP contribution < -0.4 is 4.74 Å². The Morgan fingerprint density at radius 1 is 1.15 bits per heavy atom. The molecule has 0 saturated carbocycles. The maximum absolute atomic E-state index is 11.0. The van der Waals surface area contributed by atoms with Gasteiger partial charge in [-0.05, 0) is 48.0 Å². The number of carboxylic acids is 1. The monoisotopic (exact) mass is 365 g/mol. The molecule has 0 unspecified atom stereocenters. The minimum absolute atomic E-state index is 0.237. The van der Waals surface area contributed by atoms with E-state index in [1.54, 1.807) is 30.5 Å². The first-order valence-corrected chi connectivity index (χ1v) is 8.59. The van der Waals surface area contributed by atoms with Gasteiger partial charge in [0.2, 0.25) is 0 Å². The summed E-state index contributed by atoms with van der Waals surface area (Å²) < 4.78 is 5.71. The zero-order valence-electron chi connectivity index (χ0n) is 13.7. The summed E-state index contributed by atoms with van der Waals surface area (Å²) in [5, 5.41) is 9.01. The summed E-state index contributed by atoms with van der Waals surface area (Å²) in [6, 6.07) is 15.9. The van der Waals surface area contributed by atoms with Crippen LogP contribution in [-0.4, -0.2) is 22.3 Å². The number of carbonyl (C=O) groups is 2. The van der Waals surface area contributed by atoms with Gasteiger partial charge in [0.15, 0.2) is 6.29 Å². The third kappa shape index (κ3) is 4.49. The van der Waals surface area contributed by atoms with Crippen LogP contribution >= 0.6 is 11.8 Å². The molecule has 130 valence electrons. The molecule has 0 amide bonds. The van der Waals surface area contributed by atoms with Crippen molar-refractivity contribution in [2.75, 3.05) is 0 Å². The summed E-state index contributed by atoms with van der Waals surface area (Å²) in [7, 11) is 0. The zero-order valence-corrected chi connectivity index (χ0v) is 14.5. The minimum atomic E-state index is -0.959. The van der Waals surface area contributed by atoms with Crippen molar-refractivity contribution in [1.82, 2.24) is 4.98 Å². The molecule has 1 aromatic heterocycles. The topological polar surface area (TPSA) is 76.5 Å². The predicted octanol–water partition coefficient (Wildman–Crippen LogP) is 4.32. The van der Waals surface area contributed by atoms with Gasteiger partial charge in [-0.2, -0.15) is 0 Å². The Hall–Kier alpha value is -3.12. The van der Waals surface area contributed by atoms with Crippen molar-refractivity contribution < 1.29 is 19.4 Å². The smallest absolute Gasteiger partial charge is 0.335 e. The lowest BCUT2D eigenvalue weighted by Gasteiger charge is -2.08. The Balaban J connectivity index is 1.64. The summed E-state index contributed by atoms with van der Waals surface area (Å²) in [6.45, 7) is 0.285. The van der Waals surface area contributed by atoms with E-state index in [0.717, 1.165) is 21.6 Å². The second-order valence-electron chi connectivity index (χ2n) is 5.40. The Morgan fingerprint density at radius 3 is 2.69 bits per heavy atom. The fourth-order valence-corrected chi connectivity index (χ4v) is 3.14. The van der Waals surface area contributed by atoms with Gasteiger partial charge >= 0.3 is 5.97 Å². The van der Waals surface area contributed by atoms with Gasteiger partial charge < -0.3 is 9.84 Å². The van der Waals surface area contributed by atoms with Crippen molar-refractivity contribution in [2.24, 2.45) is 0 Å². The van der Waals surface area contributed by atoms with E-state index in [-0.39, 0.29) is 12.2 Å². The highest BCUT2D eigenvalue weighted by molar-refractivity contribution is 7.99. The van der Waals surface area contributed by atoms with Crippen LogP contribution in [0.25, 0.3) is 0 Å². The molecule has 0 aliphatic heterocycles. The lowest BCUT2D eigenvalue weighted by molar-refractivity contribution is 0.0696. The molecule has 1 N–H and O–H groups in total. The molecule has 6 heteroatoms.